The van der Waals surface area contributed by atoms with E-state index < -0.39 is 11.0 Å². The first-order valence-electron chi connectivity index (χ1n) is 7.59. The molecule has 1 N–H and O–H groups in total. The number of aliphatic hydroxyl groups is 1. The summed E-state index contributed by atoms with van der Waals surface area (Å²) in [7, 11) is 0. The maximum atomic E-state index is 11.4. The minimum atomic E-state index is -0.746. The van der Waals surface area contributed by atoms with Gasteiger partial charge in [-0.2, -0.15) is 5.26 Å². The highest BCUT2D eigenvalue weighted by molar-refractivity contribution is 5.17. The van der Waals surface area contributed by atoms with Crippen LogP contribution in [0.25, 0.3) is 0 Å². The molecule has 0 aromatic carbocycles. The van der Waals surface area contributed by atoms with Gasteiger partial charge in [0.15, 0.2) is 0 Å². The van der Waals surface area contributed by atoms with E-state index in [4.69, 9.17) is 0 Å². The largest absolute Gasteiger partial charge is 0.388 e. The molecule has 2 nitrogen and oxygen atoms in total. The number of rotatable bonds is 2. The van der Waals surface area contributed by atoms with Crippen molar-refractivity contribution in [2.45, 2.75) is 71.3 Å². The maximum absolute atomic E-state index is 11.4. The zero-order valence-corrected chi connectivity index (χ0v) is 12.1. The second kappa shape index (κ2) is 4.85. The van der Waals surface area contributed by atoms with E-state index in [2.05, 4.69) is 26.8 Å². The second-order valence-electron chi connectivity index (χ2n) is 7.06. The molecule has 0 saturated heterocycles. The van der Waals surface area contributed by atoms with Crippen LogP contribution in [0.5, 0.6) is 0 Å². The molecule has 2 rings (SSSR count). The number of hydrogen-bond donors (Lipinski definition) is 1. The molecule has 0 heterocycles. The van der Waals surface area contributed by atoms with Crippen molar-refractivity contribution in [2.24, 2.45) is 23.2 Å². The smallest absolute Gasteiger partial charge is 0.0866 e. The molecule has 0 amide bonds. The topological polar surface area (TPSA) is 44.0 Å². The molecule has 3 unspecified atom stereocenters. The van der Waals surface area contributed by atoms with Crippen LogP contribution in [0, 0.1) is 34.5 Å². The lowest BCUT2D eigenvalue weighted by molar-refractivity contribution is -0.146. The number of nitrogens with zero attached hydrogens (tertiary/aromatic N) is 1. The van der Waals surface area contributed by atoms with Gasteiger partial charge in [0, 0.05) is 0 Å². The van der Waals surface area contributed by atoms with E-state index in [0.717, 1.165) is 38.5 Å². The molecule has 18 heavy (non-hydrogen) atoms. The highest BCUT2D eigenvalue weighted by atomic mass is 16.3. The molecule has 2 aliphatic carbocycles. The molecule has 2 aliphatic rings. The van der Waals surface area contributed by atoms with Gasteiger partial charge in [-0.3, -0.25) is 0 Å². The highest BCUT2D eigenvalue weighted by Crippen LogP contribution is 2.56. The van der Waals surface area contributed by atoms with Gasteiger partial charge in [-0.1, -0.05) is 40.0 Å². The molecule has 2 heteroatoms. The first-order valence-corrected chi connectivity index (χ1v) is 7.59. The third-order valence-corrected chi connectivity index (χ3v) is 5.55. The zero-order valence-electron chi connectivity index (χ0n) is 12.1. The third-order valence-electron chi connectivity index (χ3n) is 5.55. The van der Waals surface area contributed by atoms with E-state index in [-0.39, 0.29) is 0 Å². The van der Waals surface area contributed by atoms with Crippen LogP contribution in [0.15, 0.2) is 0 Å². The Bertz CT molecular complexity index is 337. The summed E-state index contributed by atoms with van der Waals surface area (Å²) in [6.45, 7) is 6.62. The van der Waals surface area contributed by atoms with Crippen molar-refractivity contribution in [1.29, 1.82) is 5.26 Å². The van der Waals surface area contributed by atoms with Crippen molar-refractivity contribution < 1.29 is 5.11 Å². The average Bonchev–Trinajstić information content (AvgIpc) is 2.78. The fraction of sp³-hybridized carbons (Fsp3) is 0.938. The molecular formula is C16H27NO. The Morgan fingerprint density at radius 1 is 1.22 bits per heavy atom. The normalized spacial score (nSPS) is 39.8. The Kier molecular flexibility index (Phi) is 3.74. The molecule has 3 atom stereocenters. The summed E-state index contributed by atoms with van der Waals surface area (Å²) in [5.41, 5.74) is -1.21. The second-order valence-corrected chi connectivity index (χ2v) is 7.06. The Morgan fingerprint density at radius 3 is 2.33 bits per heavy atom. The summed E-state index contributed by atoms with van der Waals surface area (Å²) in [6.07, 6.45) is 7.12. The predicted octanol–water partition coefficient (Wildman–Crippen LogP) is 3.89. The van der Waals surface area contributed by atoms with Gasteiger partial charge in [-0.15, -0.1) is 0 Å². The molecule has 0 radical (unpaired) electrons. The zero-order chi connectivity index (χ0) is 13.4. The maximum Gasteiger partial charge on any atom is 0.0866 e. The van der Waals surface area contributed by atoms with Crippen molar-refractivity contribution in [2.75, 3.05) is 0 Å². The van der Waals surface area contributed by atoms with Crippen LogP contribution in [0.2, 0.25) is 0 Å². The molecule has 2 fully saturated rings. The lowest BCUT2D eigenvalue weighted by Crippen LogP contribution is -2.56. The van der Waals surface area contributed by atoms with Crippen LogP contribution in [-0.2, 0) is 0 Å². The lowest BCUT2D eigenvalue weighted by atomic mass is 9.55. The van der Waals surface area contributed by atoms with Gasteiger partial charge in [-0.05, 0) is 43.4 Å². The van der Waals surface area contributed by atoms with Gasteiger partial charge in [-0.25, -0.2) is 0 Å². The molecule has 0 aromatic rings. The summed E-state index contributed by atoms with van der Waals surface area (Å²) >= 11 is 0. The molecule has 0 spiro atoms. The van der Waals surface area contributed by atoms with Crippen molar-refractivity contribution in [3.63, 3.8) is 0 Å². The van der Waals surface area contributed by atoms with Crippen molar-refractivity contribution in [1.82, 2.24) is 0 Å². The van der Waals surface area contributed by atoms with Crippen LogP contribution in [-0.4, -0.2) is 10.7 Å². The summed E-state index contributed by atoms with van der Waals surface area (Å²) in [6, 6.07) is 2.54. The van der Waals surface area contributed by atoms with Gasteiger partial charge in [0.25, 0.3) is 0 Å². The van der Waals surface area contributed by atoms with Gasteiger partial charge >= 0.3 is 0 Å². The minimum Gasteiger partial charge on any atom is -0.388 e. The van der Waals surface area contributed by atoms with Crippen LogP contribution in [0.3, 0.4) is 0 Å². The lowest BCUT2D eigenvalue weighted by Gasteiger charge is -2.52. The van der Waals surface area contributed by atoms with E-state index >= 15 is 0 Å². The fourth-order valence-electron chi connectivity index (χ4n) is 4.54. The molecule has 2 saturated carbocycles. The first kappa shape index (κ1) is 13.9. The summed E-state index contributed by atoms with van der Waals surface area (Å²) in [5, 5.41) is 21.1. The van der Waals surface area contributed by atoms with Crippen molar-refractivity contribution >= 4 is 0 Å². The van der Waals surface area contributed by atoms with E-state index in [0.29, 0.717) is 17.8 Å². The monoisotopic (exact) mass is 249 g/mol. The summed E-state index contributed by atoms with van der Waals surface area (Å²) < 4.78 is 0. The van der Waals surface area contributed by atoms with Gasteiger partial charge in [0.1, 0.15) is 0 Å². The van der Waals surface area contributed by atoms with Crippen LogP contribution >= 0.6 is 0 Å². The molecule has 0 aliphatic heterocycles. The number of hydrogen-bond acceptors (Lipinski definition) is 2. The predicted molar refractivity (Wildman–Crippen MR) is 72.8 cm³/mol. The fourth-order valence-corrected chi connectivity index (χ4v) is 4.54. The Morgan fingerprint density at radius 2 is 1.83 bits per heavy atom. The third kappa shape index (κ3) is 1.97. The van der Waals surface area contributed by atoms with E-state index in [1.54, 1.807) is 0 Å². The Labute approximate surface area is 111 Å². The van der Waals surface area contributed by atoms with Crippen LogP contribution < -0.4 is 0 Å². The average molecular weight is 249 g/mol. The van der Waals surface area contributed by atoms with E-state index in [9.17, 15) is 10.4 Å². The van der Waals surface area contributed by atoms with E-state index in [1.165, 1.54) is 6.42 Å². The minimum absolute atomic E-state index is 0.298. The first-order chi connectivity index (χ1) is 8.45. The standard InChI is InChI=1S/C16H27NO/c1-12(2)14-7-6-13(3)10-16(14,18)15(11-17)8-4-5-9-15/h12-14,18H,4-10H2,1-3H3. The summed E-state index contributed by atoms with van der Waals surface area (Å²) in [5.74, 6) is 1.32. The van der Waals surface area contributed by atoms with Crippen molar-refractivity contribution in [3.05, 3.63) is 0 Å². The Hall–Kier alpha value is -0.550. The molecule has 0 aromatic heterocycles. The van der Waals surface area contributed by atoms with Crippen LogP contribution in [0.1, 0.15) is 65.7 Å². The highest BCUT2D eigenvalue weighted by Gasteiger charge is 2.58. The van der Waals surface area contributed by atoms with Gasteiger partial charge in [0.05, 0.1) is 17.1 Å². The Balaban J connectivity index is 2.37. The quantitative estimate of drug-likeness (QED) is 0.806. The molecular weight excluding hydrogens is 222 g/mol. The van der Waals surface area contributed by atoms with Crippen molar-refractivity contribution in [3.8, 4) is 6.07 Å². The number of nitriles is 1. The SMILES string of the molecule is CC1CCC(C(C)C)C(O)(C2(C#N)CCCC2)C1. The van der Waals surface area contributed by atoms with Crippen LogP contribution in [0.4, 0.5) is 0 Å². The van der Waals surface area contributed by atoms with Gasteiger partial charge in [0.2, 0.25) is 0 Å². The molecule has 102 valence electrons. The summed E-state index contributed by atoms with van der Waals surface area (Å²) in [4.78, 5) is 0. The van der Waals surface area contributed by atoms with E-state index in [1.807, 2.05) is 0 Å². The van der Waals surface area contributed by atoms with Gasteiger partial charge < -0.3 is 5.11 Å². The molecule has 0 bridgehead atoms.